The van der Waals surface area contributed by atoms with Crippen molar-refractivity contribution in [3.05, 3.63) is 77.9 Å². The molecule has 0 saturated heterocycles. The Morgan fingerprint density at radius 3 is 2.56 bits per heavy atom. The second kappa shape index (κ2) is 7.21. The molecule has 0 fully saturated rings. The molecule has 0 radical (unpaired) electrons. The summed E-state index contributed by atoms with van der Waals surface area (Å²) >= 11 is 6.21. The first-order chi connectivity index (χ1) is 13.1. The molecule has 134 valence electrons. The zero-order chi connectivity index (χ0) is 18.8. The van der Waals surface area contributed by atoms with Crippen molar-refractivity contribution < 1.29 is 9.59 Å². The molecule has 1 aliphatic heterocycles. The van der Waals surface area contributed by atoms with Gasteiger partial charge in [-0.15, -0.1) is 11.6 Å². The second-order valence-corrected chi connectivity index (χ2v) is 6.79. The van der Waals surface area contributed by atoms with Crippen LogP contribution in [0.15, 0.2) is 71.8 Å². The summed E-state index contributed by atoms with van der Waals surface area (Å²) < 4.78 is 0. The van der Waals surface area contributed by atoms with Crippen LogP contribution in [0.25, 0.3) is 10.8 Å². The van der Waals surface area contributed by atoms with Crippen molar-refractivity contribution in [1.82, 2.24) is 5.43 Å². The number of benzene rings is 3. The molecule has 1 unspecified atom stereocenters. The van der Waals surface area contributed by atoms with Crippen LogP contribution in [-0.2, 0) is 4.79 Å². The topological polar surface area (TPSA) is 70.6 Å². The van der Waals surface area contributed by atoms with Crippen LogP contribution in [-0.4, -0.2) is 22.9 Å². The summed E-state index contributed by atoms with van der Waals surface area (Å²) in [6.45, 7) is 0. The smallest absolute Gasteiger partial charge is 0.255 e. The number of nitrogens with zero attached hydrogens (tertiary/aromatic N) is 1. The zero-order valence-electron chi connectivity index (χ0n) is 14.3. The maximum Gasteiger partial charge on any atom is 0.255 e. The molecule has 2 amide bonds. The van der Waals surface area contributed by atoms with Gasteiger partial charge in [0.25, 0.3) is 5.91 Å². The number of alkyl halides is 1. The molecule has 5 nitrogen and oxygen atoms in total. The van der Waals surface area contributed by atoms with E-state index in [9.17, 15) is 9.59 Å². The lowest BCUT2D eigenvalue weighted by Crippen LogP contribution is -2.34. The van der Waals surface area contributed by atoms with Gasteiger partial charge in [-0.2, -0.15) is 5.10 Å². The number of rotatable bonds is 3. The van der Waals surface area contributed by atoms with Gasteiger partial charge in [0.1, 0.15) is 0 Å². The zero-order valence-corrected chi connectivity index (χ0v) is 15.0. The predicted octanol–water partition coefficient (Wildman–Crippen LogP) is 3.92. The summed E-state index contributed by atoms with van der Waals surface area (Å²) in [5.74, 6) is -0.399. The largest absolute Gasteiger partial charge is 0.321 e. The van der Waals surface area contributed by atoms with Crippen molar-refractivity contribution in [2.75, 3.05) is 5.32 Å². The molecule has 1 atom stereocenters. The average molecular weight is 378 g/mol. The highest BCUT2D eigenvalue weighted by Crippen LogP contribution is 2.24. The van der Waals surface area contributed by atoms with E-state index in [-0.39, 0.29) is 18.2 Å². The maximum atomic E-state index is 12.6. The number of anilines is 1. The molecular formula is C21H16ClN3O2. The normalized spacial score (nSPS) is 16.6. The SMILES string of the molecule is O=C1CC(Cl)C(c2ccc(C(=O)Nc3cccc4ccccc34)cc2)=NN1. The molecule has 1 aliphatic rings. The Kier molecular flexibility index (Phi) is 4.60. The lowest BCUT2D eigenvalue weighted by Gasteiger charge is -2.17. The van der Waals surface area contributed by atoms with E-state index in [2.05, 4.69) is 15.8 Å². The maximum absolute atomic E-state index is 12.6. The quantitative estimate of drug-likeness (QED) is 0.679. The number of halogens is 1. The Balaban J connectivity index is 1.55. The van der Waals surface area contributed by atoms with Gasteiger partial charge in [0.2, 0.25) is 5.91 Å². The fourth-order valence-corrected chi connectivity index (χ4v) is 3.38. The Bertz CT molecular complexity index is 1060. The van der Waals surface area contributed by atoms with Gasteiger partial charge in [0.05, 0.1) is 17.5 Å². The summed E-state index contributed by atoms with van der Waals surface area (Å²) in [5, 5.41) is 8.56. The molecule has 0 spiro atoms. The van der Waals surface area contributed by atoms with E-state index >= 15 is 0 Å². The molecule has 2 N–H and O–H groups in total. The molecule has 3 aromatic carbocycles. The minimum atomic E-state index is -0.478. The van der Waals surface area contributed by atoms with Crippen LogP contribution >= 0.6 is 11.6 Å². The number of amides is 2. The highest BCUT2D eigenvalue weighted by Gasteiger charge is 2.23. The summed E-state index contributed by atoms with van der Waals surface area (Å²) in [4.78, 5) is 23.9. The van der Waals surface area contributed by atoms with E-state index in [1.807, 2.05) is 42.5 Å². The third-order valence-corrected chi connectivity index (χ3v) is 4.80. The van der Waals surface area contributed by atoms with E-state index < -0.39 is 5.38 Å². The fraction of sp³-hybridized carbons (Fsp3) is 0.0952. The molecule has 0 bridgehead atoms. The van der Waals surface area contributed by atoms with Gasteiger partial charge < -0.3 is 5.32 Å². The standard InChI is InChI=1S/C21H16ClN3O2/c22-17-12-19(26)24-25-20(17)14-8-10-15(11-9-14)21(27)23-18-7-3-5-13-4-1-2-6-16(13)18/h1-11,17H,12H2,(H,23,27)(H,24,26). The average Bonchev–Trinajstić information content (AvgIpc) is 2.68. The minimum Gasteiger partial charge on any atom is -0.321 e. The first kappa shape index (κ1) is 17.2. The Morgan fingerprint density at radius 2 is 1.78 bits per heavy atom. The number of hydrogen-bond donors (Lipinski definition) is 2. The molecule has 0 aliphatic carbocycles. The molecule has 1 heterocycles. The number of fused-ring (bicyclic) bond motifs is 1. The van der Waals surface area contributed by atoms with Gasteiger partial charge in [-0.1, -0.05) is 48.5 Å². The first-order valence-electron chi connectivity index (χ1n) is 8.52. The molecular weight excluding hydrogens is 362 g/mol. The summed E-state index contributed by atoms with van der Waals surface area (Å²) in [6.07, 6.45) is 0.184. The van der Waals surface area contributed by atoms with Gasteiger partial charge in [0, 0.05) is 16.6 Å². The highest BCUT2D eigenvalue weighted by atomic mass is 35.5. The van der Waals surface area contributed by atoms with E-state index in [1.54, 1.807) is 24.3 Å². The Morgan fingerprint density at radius 1 is 1.04 bits per heavy atom. The summed E-state index contributed by atoms with van der Waals surface area (Å²) in [6, 6.07) is 20.7. The molecule has 3 aromatic rings. The van der Waals surface area contributed by atoms with Crippen molar-refractivity contribution >= 4 is 45.6 Å². The van der Waals surface area contributed by atoms with E-state index in [4.69, 9.17) is 11.6 Å². The van der Waals surface area contributed by atoms with Gasteiger partial charge in [0.15, 0.2) is 0 Å². The number of hydrazone groups is 1. The van der Waals surface area contributed by atoms with Gasteiger partial charge in [-0.3, -0.25) is 9.59 Å². The number of nitrogens with one attached hydrogen (secondary N) is 2. The van der Waals surface area contributed by atoms with Crippen LogP contribution in [0.3, 0.4) is 0 Å². The second-order valence-electron chi connectivity index (χ2n) is 6.26. The number of carbonyl (C=O) groups excluding carboxylic acids is 2. The van der Waals surface area contributed by atoms with Crippen LogP contribution in [0.1, 0.15) is 22.3 Å². The minimum absolute atomic E-state index is 0.184. The van der Waals surface area contributed by atoms with Crippen molar-refractivity contribution in [2.24, 2.45) is 5.10 Å². The van der Waals surface area contributed by atoms with E-state index in [0.717, 1.165) is 22.0 Å². The highest BCUT2D eigenvalue weighted by molar-refractivity contribution is 6.36. The molecule has 0 saturated carbocycles. The third-order valence-electron chi connectivity index (χ3n) is 4.44. The fourth-order valence-electron chi connectivity index (χ4n) is 3.06. The third kappa shape index (κ3) is 3.55. The molecule has 4 rings (SSSR count). The summed E-state index contributed by atoms with van der Waals surface area (Å²) in [5.41, 5.74) is 5.10. The molecule has 27 heavy (non-hydrogen) atoms. The van der Waals surface area contributed by atoms with Crippen LogP contribution in [0.2, 0.25) is 0 Å². The van der Waals surface area contributed by atoms with Crippen LogP contribution in [0.4, 0.5) is 5.69 Å². The van der Waals surface area contributed by atoms with Gasteiger partial charge in [-0.25, -0.2) is 5.43 Å². The van der Waals surface area contributed by atoms with Gasteiger partial charge in [-0.05, 0) is 29.1 Å². The number of carbonyl (C=O) groups is 2. The van der Waals surface area contributed by atoms with Crippen molar-refractivity contribution in [2.45, 2.75) is 11.8 Å². The first-order valence-corrected chi connectivity index (χ1v) is 8.95. The monoisotopic (exact) mass is 377 g/mol. The van der Waals surface area contributed by atoms with Crippen LogP contribution in [0.5, 0.6) is 0 Å². The molecule has 0 aromatic heterocycles. The number of hydrogen-bond acceptors (Lipinski definition) is 3. The van der Waals surface area contributed by atoms with Crippen LogP contribution in [0, 0.1) is 0 Å². The summed E-state index contributed by atoms with van der Waals surface area (Å²) in [7, 11) is 0. The van der Waals surface area contributed by atoms with Crippen molar-refractivity contribution in [3.63, 3.8) is 0 Å². The van der Waals surface area contributed by atoms with E-state index in [1.165, 1.54) is 0 Å². The van der Waals surface area contributed by atoms with Crippen LogP contribution < -0.4 is 10.7 Å². The lowest BCUT2D eigenvalue weighted by molar-refractivity contribution is -0.121. The Hall–Kier alpha value is -3.18. The van der Waals surface area contributed by atoms with E-state index in [0.29, 0.717) is 11.3 Å². The molecule has 6 heteroatoms. The Labute approximate surface area is 161 Å². The van der Waals surface area contributed by atoms with Crippen molar-refractivity contribution in [3.8, 4) is 0 Å². The predicted molar refractivity (Wildman–Crippen MR) is 107 cm³/mol. The lowest BCUT2D eigenvalue weighted by atomic mass is 10.0. The van der Waals surface area contributed by atoms with Gasteiger partial charge >= 0.3 is 0 Å². The van der Waals surface area contributed by atoms with Crippen molar-refractivity contribution in [1.29, 1.82) is 0 Å².